The highest BCUT2D eigenvalue weighted by Gasteiger charge is 2.37. The number of fused-ring (bicyclic) bond motifs is 1. The molecule has 1 aliphatic rings. The van der Waals surface area contributed by atoms with Crippen LogP contribution in [0.3, 0.4) is 0 Å². The number of hydrogen-bond donors (Lipinski definition) is 1. The van der Waals surface area contributed by atoms with Gasteiger partial charge in [0, 0.05) is 5.69 Å². The molecule has 3 rings (SSSR count). The van der Waals surface area contributed by atoms with Gasteiger partial charge in [0.2, 0.25) is 0 Å². The molecule has 2 aromatic carbocycles. The van der Waals surface area contributed by atoms with Crippen LogP contribution >= 0.6 is 0 Å². The van der Waals surface area contributed by atoms with E-state index in [1.165, 1.54) is 4.90 Å². The monoisotopic (exact) mass is 280 g/mol. The normalized spacial score (nSPS) is 13.8. The van der Waals surface area contributed by atoms with E-state index < -0.39 is 0 Å². The average Bonchev–Trinajstić information content (AvgIpc) is 2.66. The van der Waals surface area contributed by atoms with Crippen LogP contribution in [0.1, 0.15) is 37.4 Å². The van der Waals surface area contributed by atoms with E-state index in [2.05, 4.69) is 0 Å². The Morgan fingerprint density at radius 2 is 1.52 bits per heavy atom. The molecule has 1 heterocycles. The Morgan fingerprint density at radius 1 is 0.857 bits per heavy atom. The molecule has 21 heavy (non-hydrogen) atoms. The summed E-state index contributed by atoms with van der Waals surface area (Å²) in [5, 5.41) is 0. The van der Waals surface area contributed by atoms with Crippen molar-refractivity contribution in [2.75, 3.05) is 10.6 Å². The number of anilines is 2. The summed E-state index contributed by atoms with van der Waals surface area (Å²) in [6.07, 6.45) is 0. The lowest BCUT2D eigenvalue weighted by Gasteiger charge is -2.18. The quantitative estimate of drug-likeness (QED) is 0.645. The van der Waals surface area contributed by atoms with E-state index in [0.717, 1.165) is 16.7 Å². The van der Waals surface area contributed by atoms with E-state index in [9.17, 15) is 9.59 Å². The van der Waals surface area contributed by atoms with E-state index >= 15 is 0 Å². The van der Waals surface area contributed by atoms with Crippen LogP contribution < -0.4 is 10.6 Å². The number of carbonyl (C=O) groups excluding carboxylic acids is 2. The summed E-state index contributed by atoms with van der Waals surface area (Å²) in [6.45, 7) is 5.67. The second kappa shape index (κ2) is 4.45. The fraction of sp³-hybridized carbons (Fsp3) is 0.176. The molecule has 0 spiro atoms. The van der Waals surface area contributed by atoms with Crippen molar-refractivity contribution < 1.29 is 9.59 Å². The van der Waals surface area contributed by atoms with Crippen molar-refractivity contribution in [3.05, 3.63) is 58.1 Å². The molecule has 1 aliphatic heterocycles. The van der Waals surface area contributed by atoms with Gasteiger partial charge < -0.3 is 5.73 Å². The standard InChI is InChI=1S/C17H16N2O2/c1-9-4-5-12-13(6-9)17(21)19(16(12)20)15-8-14(18)10(2)7-11(15)3/h4-8H,18H2,1-3H3. The highest BCUT2D eigenvalue weighted by atomic mass is 16.2. The fourth-order valence-corrected chi connectivity index (χ4v) is 2.67. The number of aryl methyl sites for hydroxylation is 3. The molecule has 0 fully saturated rings. The molecule has 106 valence electrons. The number of imide groups is 1. The number of amides is 2. The Morgan fingerprint density at radius 3 is 2.24 bits per heavy atom. The summed E-state index contributed by atoms with van der Waals surface area (Å²) in [5.41, 5.74) is 10.7. The molecule has 2 amide bonds. The van der Waals surface area contributed by atoms with Crippen molar-refractivity contribution in [1.82, 2.24) is 0 Å². The van der Waals surface area contributed by atoms with Gasteiger partial charge in [0.15, 0.2) is 0 Å². The van der Waals surface area contributed by atoms with E-state index in [4.69, 9.17) is 5.73 Å². The van der Waals surface area contributed by atoms with Crippen molar-refractivity contribution in [3.8, 4) is 0 Å². The van der Waals surface area contributed by atoms with Crippen molar-refractivity contribution in [2.24, 2.45) is 0 Å². The minimum absolute atomic E-state index is 0.287. The molecule has 0 unspecified atom stereocenters. The zero-order valence-electron chi connectivity index (χ0n) is 12.2. The number of hydrogen-bond acceptors (Lipinski definition) is 3. The predicted molar refractivity (Wildman–Crippen MR) is 82.6 cm³/mol. The van der Waals surface area contributed by atoms with Crippen molar-refractivity contribution in [3.63, 3.8) is 0 Å². The van der Waals surface area contributed by atoms with Gasteiger partial charge in [-0.05, 0) is 50.1 Å². The molecule has 0 atom stereocenters. The summed E-state index contributed by atoms with van der Waals surface area (Å²) < 4.78 is 0. The van der Waals surface area contributed by atoms with Crippen LogP contribution in [0.5, 0.6) is 0 Å². The van der Waals surface area contributed by atoms with E-state index in [1.54, 1.807) is 18.2 Å². The SMILES string of the molecule is Cc1ccc2c(c1)C(=O)N(c1cc(N)c(C)cc1C)C2=O. The second-order valence-electron chi connectivity index (χ2n) is 5.49. The predicted octanol–water partition coefficient (Wildman–Crippen LogP) is 2.99. The number of nitrogens with zero attached hydrogens (tertiary/aromatic N) is 1. The molecule has 0 bridgehead atoms. The number of rotatable bonds is 1. The lowest BCUT2D eigenvalue weighted by atomic mass is 10.1. The van der Waals surface area contributed by atoms with Crippen molar-refractivity contribution in [1.29, 1.82) is 0 Å². The largest absolute Gasteiger partial charge is 0.398 e. The maximum Gasteiger partial charge on any atom is 0.266 e. The minimum atomic E-state index is -0.290. The van der Waals surface area contributed by atoms with Crippen molar-refractivity contribution >= 4 is 23.2 Å². The zero-order chi connectivity index (χ0) is 15.3. The topological polar surface area (TPSA) is 63.4 Å². The highest BCUT2D eigenvalue weighted by molar-refractivity contribution is 6.34. The Hall–Kier alpha value is -2.62. The van der Waals surface area contributed by atoms with Gasteiger partial charge in [0.25, 0.3) is 11.8 Å². The van der Waals surface area contributed by atoms with Crippen LogP contribution in [0.15, 0.2) is 30.3 Å². The van der Waals surface area contributed by atoms with Gasteiger partial charge in [-0.15, -0.1) is 0 Å². The fourth-order valence-electron chi connectivity index (χ4n) is 2.67. The van der Waals surface area contributed by atoms with Crippen LogP contribution in [-0.4, -0.2) is 11.8 Å². The van der Waals surface area contributed by atoms with Crippen molar-refractivity contribution in [2.45, 2.75) is 20.8 Å². The smallest absolute Gasteiger partial charge is 0.266 e. The lowest BCUT2D eigenvalue weighted by Crippen LogP contribution is -2.30. The highest BCUT2D eigenvalue weighted by Crippen LogP contribution is 2.33. The number of carbonyl (C=O) groups is 2. The van der Waals surface area contributed by atoms with Gasteiger partial charge in [0.1, 0.15) is 0 Å². The van der Waals surface area contributed by atoms with Gasteiger partial charge in [-0.1, -0.05) is 17.7 Å². The van der Waals surface area contributed by atoms with Gasteiger partial charge >= 0.3 is 0 Å². The third-order valence-corrected chi connectivity index (χ3v) is 3.87. The van der Waals surface area contributed by atoms with Crippen LogP contribution in [-0.2, 0) is 0 Å². The average molecular weight is 280 g/mol. The molecule has 2 N–H and O–H groups in total. The Bertz CT molecular complexity index is 794. The Balaban J connectivity index is 2.16. The number of nitrogens with two attached hydrogens (primary N) is 1. The first-order valence-corrected chi connectivity index (χ1v) is 6.76. The third kappa shape index (κ3) is 1.91. The Labute approximate surface area is 123 Å². The second-order valence-corrected chi connectivity index (χ2v) is 5.49. The summed E-state index contributed by atoms with van der Waals surface area (Å²) in [7, 11) is 0. The van der Waals surface area contributed by atoms with E-state index in [0.29, 0.717) is 22.5 Å². The molecule has 0 radical (unpaired) electrons. The molecule has 2 aromatic rings. The third-order valence-electron chi connectivity index (χ3n) is 3.87. The summed E-state index contributed by atoms with van der Waals surface area (Å²) in [5.74, 6) is -0.577. The molecule has 0 aliphatic carbocycles. The summed E-state index contributed by atoms with van der Waals surface area (Å²) >= 11 is 0. The van der Waals surface area contributed by atoms with Crippen LogP contribution in [0.4, 0.5) is 11.4 Å². The first-order valence-electron chi connectivity index (χ1n) is 6.76. The summed E-state index contributed by atoms with van der Waals surface area (Å²) in [6, 6.07) is 8.88. The maximum absolute atomic E-state index is 12.6. The van der Waals surface area contributed by atoms with Gasteiger partial charge in [-0.25, -0.2) is 4.90 Å². The maximum atomic E-state index is 12.6. The molecular weight excluding hydrogens is 264 g/mol. The van der Waals surface area contributed by atoms with Gasteiger partial charge in [0.05, 0.1) is 16.8 Å². The van der Waals surface area contributed by atoms with Crippen LogP contribution in [0.25, 0.3) is 0 Å². The Kier molecular flexibility index (Phi) is 2.83. The van der Waals surface area contributed by atoms with E-state index in [1.807, 2.05) is 32.9 Å². The molecule has 0 saturated carbocycles. The molecular formula is C17H16N2O2. The lowest BCUT2D eigenvalue weighted by molar-refractivity contribution is 0.0926. The zero-order valence-corrected chi connectivity index (χ0v) is 12.2. The molecule has 4 nitrogen and oxygen atoms in total. The molecule has 4 heteroatoms. The molecule has 0 aromatic heterocycles. The number of nitrogen functional groups attached to an aromatic ring is 1. The van der Waals surface area contributed by atoms with Crippen LogP contribution in [0.2, 0.25) is 0 Å². The van der Waals surface area contributed by atoms with Gasteiger partial charge in [-0.2, -0.15) is 0 Å². The molecule has 0 saturated heterocycles. The summed E-state index contributed by atoms with van der Waals surface area (Å²) in [4.78, 5) is 26.3. The first-order chi connectivity index (χ1) is 9.90. The minimum Gasteiger partial charge on any atom is -0.398 e. The first kappa shape index (κ1) is 13.4. The van der Waals surface area contributed by atoms with Gasteiger partial charge in [-0.3, -0.25) is 9.59 Å². The number of benzene rings is 2. The van der Waals surface area contributed by atoms with E-state index in [-0.39, 0.29) is 11.8 Å². The van der Waals surface area contributed by atoms with Crippen LogP contribution in [0, 0.1) is 20.8 Å².